The Morgan fingerprint density at radius 2 is 1.96 bits per heavy atom. The maximum Gasteiger partial charge on any atom is 0.259 e. The first-order chi connectivity index (χ1) is 11.5. The monoisotopic (exact) mass is 345 g/mol. The number of hydrogen-bond acceptors (Lipinski definition) is 3. The Labute approximate surface area is 145 Å². The van der Waals surface area contributed by atoms with Crippen LogP contribution in [0.4, 0.5) is 0 Å². The number of benzene rings is 1. The van der Waals surface area contributed by atoms with Crippen molar-refractivity contribution >= 4 is 17.4 Å². The van der Waals surface area contributed by atoms with Crippen LogP contribution in [0, 0.1) is 6.92 Å². The van der Waals surface area contributed by atoms with Crippen LogP contribution in [0.5, 0.6) is 0 Å². The fourth-order valence-corrected chi connectivity index (χ4v) is 2.75. The number of ether oxygens (including phenoxy) is 1. The van der Waals surface area contributed by atoms with Crippen molar-refractivity contribution in [3.63, 3.8) is 0 Å². The van der Waals surface area contributed by atoms with Crippen LogP contribution in [0.2, 0.25) is 5.02 Å². The number of aryl methyl sites for hydroxylation is 1. The smallest absolute Gasteiger partial charge is 0.259 e. The molecule has 3 aromatic rings. The minimum atomic E-state index is -0.0868. The van der Waals surface area contributed by atoms with Gasteiger partial charge in [0.05, 0.1) is 18.4 Å². The van der Waals surface area contributed by atoms with Gasteiger partial charge in [0.2, 0.25) is 5.78 Å². The molecule has 0 spiro atoms. The largest absolute Gasteiger partial charge is 0.377 e. The lowest BCUT2D eigenvalue weighted by atomic mass is 10.2. The molecule has 126 valence electrons. The Kier molecular flexibility index (Phi) is 4.73. The second kappa shape index (κ2) is 6.79. The molecule has 2 heterocycles. The van der Waals surface area contributed by atoms with Gasteiger partial charge in [0.1, 0.15) is 0 Å². The fraction of sp³-hybridized carbons (Fsp3) is 0.333. The van der Waals surface area contributed by atoms with E-state index in [9.17, 15) is 4.79 Å². The molecule has 0 atom stereocenters. The third-order valence-electron chi connectivity index (χ3n) is 3.83. The Bertz CT molecular complexity index is 910. The number of hydrogen-bond donors (Lipinski definition) is 0. The summed E-state index contributed by atoms with van der Waals surface area (Å²) in [7, 11) is 0. The van der Waals surface area contributed by atoms with Gasteiger partial charge in [-0.05, 0) is 32.9 Å². The van der Waals surface area contributed by atoms with Crippen molar-refractivity contribution in [2.45, 2.75) is 33.4 Å². The molecule has 0 saturated carbocycles. The molecule has 0 N–H and O–H groups in total. The van der Waals surface area contributed by atoms with Gasteiger partial charge >= 0.3 is 0 Å². The fourth-order valence-electron chi connectivity index (χ4n) is 2.62. The SMILES string of the molecule is Cc1cc(=O)n2cc(-c3ccc(Cl)cc3)nc2n1CCOC(C)C. The maximum atomic E-state index is 12.3. The molecule has 24 heavy (non-hydrogen) atoms. The normalized spacial score (nSPS) is 11.5. The second-order valence-electron chi connectivity index (χ2n) is 6.00. The molecule has 0 radical (unpaired) electrons. The lowest BCUT2D eigenvalue weighted by Gasteiger charge is -2.13. The number of imidazole rings is 1. The van der Waals surface area contributed by atoms with Crippen LogP contribution in [0.15, 0.2) is 41.3 Å². The number of nitrogens with zero attached hydrogens (tertiary/aromatic N) is 3. The van der Waals surface area contributed by atoms with Crippen molar-refractivity contribution in [2.75, 3.05) is 6.61 Å². The highest BCUT2D eigenvalue weighted by Gasteiger charge is 2.12. The molecule has 0 saturated heterocycles. The van der Waals surface area contributed by atoms with E-state index in [-0.39, 0.29) is 11.7 Å². The summed E-state index contributed by atoms with van der Waals surface area (Å²) >= 11 is 5.94. The number of rotatable bonds is 5. The summed E-state index contributed by atoms with van der Waals surface area (Å²) in [6.07, 6.45) is 1.94. The maximum absolute atomic E-state index is 12.3. The van der Waals surface area contributed by atoms with E-state index in [0.29, 0.717) is 24.0 Å². The van der Waals surface area contributed by atoms with E-state index in [1.165, 1.54) is 0 Å². The summed E-state index contributed by atoms with van der Waals surface area (Å²) in [5.74, 6) is 0.623. The van der Waals surface area contributed by atoms with E-state index in [1.54, 1.807) is 16.7 Å². The van der Waals surface area contributed by atoms with Crippen molar-refractivity contribution in [2.24, 2.45) is 0 Å². The van der Waals surface area contributed by atoms with Crippen molar-refractivity contribution in [3.8, 4) is 11.3 Å². The topological polar surface area (TPSA) is 48.5 Å². The molecule has 0 fully saturated rings. The minimum Gasteiger partial charge on any atom is -0.377 e. The molecule has 1 aromatic carbocycles. The molecule has 0 aliphatic rings. The van der Waals surface area contributed by atoms with Crippen LogP contribution in [-0.4, -0.2) is 26.7 Å². The summed E-state index contributed by atoms with van der Waals surface area (Å²) < 4.78 is 9.21. The quantitative estimate of drug-likeness (QED) is 0.710. The predicted octanol–water partition coefficient (Wildman–Crippen LogP) is 3.55. The van der Waals surface area contributed by atoms with Crippen LogP contribution < -0.4 is 5.56 Å². The van der Waals surface area contributed by atoms with Crippen LogP contribution >= 0.6 is 11.6 Å². The highest BCUT2D eigenvalue weighted by atomic mass is 35.5. The van der Waals surface area contributed by atoms with E-state index in [1.807, 2.05) is 49.6 Å². The van der Waals surface area contributed by atoms with Gasteiger partial charge in [0, 0.05) is 35.1 Å². The molecule has 0 amide bonds. The number of halogens is 1. The van der Waals surface area contributed by atoms with E-state index < -0.39 is 0 Å². The van der Waals surface area contributed by atoms with Crippen LogP contribution in [0.3, 0.4) is 0 Å². The average Bonchev–Trinajstić information content (AvgIpc) is 2.96. The first-order valence-electron chi connectivity index (χ1n) is 7.93. The highest BCUT2D eigenvalue weighted by molar-refractivity contribution is 6.30. The molecular formula is C18H20ClN3O2. The van der Waals surface area contributed by atoms with Gasteiger partial charge in [-0.1, -0.05) is 23.7 Å². The van der Waals surface area contributed by atoms with Gasteiger partial charge < -0.3 is 9.30 Å². The van der Waals surface area contributed by atoms with Gasteiger partial charge in [-0.3, -0.25) is 9.20 Å². The number of aromatic nitrogens is 3. The van der Waals surface area contributed by atoms with Crippen molar-refractivity contribution in [1.29, 1.82) is 0 Å². The third kappa shape index (κ3) is 3.37. The third-order valence-corrected chi connectivity index (χ3v) is 4.08. The highest BCUT2D eigenvalue weighted by Crippen LogP contribution is 2.21. The zero-order valence-electron chi connectivity index (χ0n) is 14.0. The summed E-state index contributed by atoms with van der Waals surface area (Å²) in [6.45, 7) is 7.13. The Balaban J connectivity index is 2.05. The molecule has 6 heteroatoms. The molecule has 0 unspecified atom stereocenters. The molecule has 0 aliphatic carbocycles. The Hall–Kier alpha value is -2.11. The number of fused-ring (bicyclic) bond motifs is 1. The van der Waals surface area contributed by atoms with Crippen molar-refractivity contribution in [1.82, 2.24) is 14.0 Å². The zero-order valence-corrected chi connectivity index (χ0v) is 14.7. The summed E-state index contributed by atoms with van der Waals surface area (Å²) in [6, 6.07) is 9.04. The second-order valence-corrected chi connectivity index (χ2v) is 6.43. The van der Waals surface area contributed by atoms with Gasteiger partial charge in [-0.2, -0.15) is 0 Å². The van der Waals surface area contributed by atoms with Gasteiger partial charge in [-0.25, -0.2) is 4.98 Å². The van der Waals surface area contributed by atoms with Gasteiger partial charge in [0.25, 0.3) is 5.56 Å². The first kappa shape index (κ1) is 16.7. The Morgan fingerprint density at radius 1 is 1.25 bits per heavy atom. The van der Waals surface area contributed by atoms with E-state index in [2.05, 4.69) is 4.98 Å². The lowest BCUT2D eigenvalue weighted by Crippen LogP contribution is -2.21. The molecule has 0 aliphatic heterocycles. The minimum absolute atomic E-state index is 0.0868. The van der Waals surface area contributed by atoms with E-state index in [4.69, 9.17) is 16.3 Å². The molecule has 0 bridgehead atoms. The molecular weight excluding hydrogens is 326 g/mol. The molecule has 5 nitrogen and oxygen atoms in total. The predicted molar refractivity (Wildman–Crippen MR) is 95.7 cm³/mol. The van der Waals surface area contributed by atoms with E-state index >= 15 is 0 Å². The molecule has 2 aromatic heterocycles. The van der Waals surface area contributed by atoms with Crippen LogP contribution in [-0.2, 0) is 11.3 Å². The van der Waals surface area contributed by atoms with Gasteiger partial charge in [0.15, 0.2) is 0 Å². The van der Waals surface area contributed by atoms with Crippen molar-refractivity contribution in [3.05, 3.63) is 57.6 Å². The Morgan fingerprint density at radius 3 is 2.62 bits per heavy atom. The van der Waals surface area contributed by atoms with Crippen LogP contribution in [0.25, 0.3) is 17.0 Å². The summed E-state index contributed by atoms with van der Waals surface area (Å²) in [5.41, 5.74) is 2.45. The summed E-state index contributed by atoms with van der Waals surface area (Å²) in [4.78, 5) is 16.9. The summed E-state index contributed by atoms with van der Waals surface area (Å²) in [5, 5.41) is 0.670. The van der Waals surface area contributed by atoms with Gasteiger partial charge in [-0.15, -0.1) is 0 Å². The molecule has 3 rings (SSSR count). The standard InChI is InChI=1S/C18H20ClN3O2/c1-12(2)24-9-8-21-13(3)10-17(23)22-11-16(20-18(21)22)14-4-6-15(19)7-5-14/h4-7,10-12H,8-9H2,1-3H3. The average molecular weight is 346 g/mol. The first-order valence-corrected chi connectivity index (χ1v) is 8.30. The van der Waals surface area contributed by atoms with Crippen molar-refractivity contribution < 1.29 is 4.74 Å². The van der Waals surface area contributed by atoms with Crippen LogP contribution in [0.1, 0.15) is 19.5 Å². The lowest BCUT2D eigenvalue weighted by molar-refractivity contribution is 0.0727. The van der Waals surface area contributed by atoms with E-state index in [0.717, 1.165) is 17.0 Å². The zero-order chi connectivity index (χ0) is 17.3.